The second kappa shape index (κ2) is 6.45. The standard InChI is InChI=1S/C9H26O13Si8/c1-9-10-30-20-27(6)14-24(3)11-23(2)12-25(4,16-27)18-29(8,22-30)19-26(5,13-23)17-28(7,15-24)21-30/h9H2,1-8H3. The summed E-state index contributed by atoms with van der Waals surface area (Å²) in [6.07, 6.45) is 0. The van der Waals surface area contributed by atoms with Gasteiger partial charge in [-0.3, -0.25) is 0 Å². The van der Waals surface area contributed by atoms with E-state index in [9.17, 15) is 0 Å². The molecule has 0 unspecified atom stereocenters. The van der Waals surface area contributed by atoms with Gasteiger partial charge in [-0.1, -0.05) is 0 Å². The third kappa shape index (κ3) is 3.90. The molecule has 0 radical (unpaired) electrons. The zero-order chi connectivity index (χ0) is 21.9. The van der Waals surface area contributed by atoms with Crippen LogP contribution in [-0.4, -0.2) is 77.3 Å². The molecule has 172 valence electrons. The first kappa shape index (κ1) is 23.0. The highest BCUT2D eigenvalue weighted by Gasteiger charge is 2.80. The molecule has 8 bridgehead atoms. The van der Waals surface area contributed by atoms with Crippen molar-refractivity contribution >= 4 is 70.7 Å². The fourth-order valence-electron chi connectivity index (χ4n) is 4.48. The minimum atomic E-state index is -3.94. The molecule has 21 heteroatoms. The molecule has 6 aliphatic rings. The summed E-state index contributed by atoms with van der Waals surface area (Å²) in [6.45, 7) is 14.1. The first-order chi connectivity index (χ1) is 13.5. The van der Waals surface area contributed by atoms with Gasteiger partial charge >= 0.3 is 70.7 Å². The lowest BCUT2D eigenvalue weighted by Crippen LogP contribution is -2.86. The molecule has 30 heavy (non-hydrogen) atoms. The normalized spacial score (nSPS) is 62.4. The third-order valence-electron chi connectivity index (χ3n) is 4.59. The van der Waals surface area contributed by atoms with Crippen LogP contribution in [0.5, 0.6) is 0 Å². The minimum absolute atomic E-state index is 0.248. The van der Waals surface area contributed by atoms with E-state index in [0.717, 1.165) is 0 Å². The van der Waals surface area contributed by atoms with Crippen molar-refractivity contribution in [3.63, 3.8) is 0 Å². The van der Waals surface area contributed by atoms with Gasteiger partial charge in [0.15, 0.2) is 0 Å². The van der Waals surface area contributed by atoms with Crippen molar-refractivity contribution in [3.8, 4) is 0 Å². The number of rotatable bonds is 2. The van der Waals surface area contributed by atoms with Crippen molar-refractivity contribution in [2.75, 3.05) is 6.61 Å². The zero-order valence-corrected chi connectivity index (χ0v) is 26.0. The van der Waals surface area contributed by atoms with Crippen molar-refractivity contribution < 1.29 is 53.8 Å². The molecule has 0 N–H and O–H groups in total. The molecule has 0 amide bonds. The van der Waals surface area contributed by atoms with E-state index in [0.29, 0.717) is 0 Å². The Morgan fingerprint density at radius 2 is 0.600 bits per heavy atom. The Morgan fingerprint density at radius 3 is 0.800 bits per heavy atom. The van der Waals surface area contributed by atoms with E-state index in [1.807, 2.05) is 0 Å². The molecule has 6 rings (SSSR count). The molecular formula is C9H26O13Si8. The van der Waals surface area contributed by atoms with Crippen LogP contribution < -0.4 is 0 Å². The Balaban J connectivity index is 1.78. The Kier molecular flexibility index (Phi) is 4.94. The average molecular weight is 567 g/mol. The summed E-state index contributed by atoms with van der Waals surface area (Å²) >= 11 is 0. The lowest BCUT2D eigenvalue weighted by atomic mass is 10.9. The summed E-state index contributed by atoms with van der Waals surface area (Å²) in [5.74, 6) is 0. The van der Waals surface area contributed by atoms with Crippen LogP contribution in [-0.2, 0) is 53.8 Å². The maximum atomic E-state index is 6.42. The molecule has 6 fully saturated rings. The van der Waals surface area contributed by atoms with Crippen LogP contribution in [0.4, 0.5) is 0 Å². The maximum absolute atomic E-state index is 6.42. The maximum Gasteiger partial charge on any atom is 0.657 e. The molecule has 0 aromatic carbocycles. The highest BCUT2D eigenvalue weighted by Crippen LogP contribution is 2.47. The van der Waals surface area contributed by atoms with Crippen molar-refractivity contribution in [2.24, 2.45) is 0 Å². The molecule has 13 nitrogen and oxygen atoms in total. The fourth-order valence-corrected chi connectivity index (χ4v) is 48.2. The molecule has 0 saturated carbocycles. The van der Waals surface area contributed by atoms with Gasteiger partial charge in [0.05, 0.1) is 0 Å². The molecule has 0 aromatic heterocycles. The average Bonchev–Trinajstić information content (AvgIpc) is 2.34. The Labute approximate surface area is 183 Å². The monoisotopic (exact) mass is 566 g/mol. The predicted octanol–water partition coefficient (Wildman–Crippen LogP) is 0.707. The van der Waals surface area contributed by atoms with Crippen molar-refractivity contribution in [1.82, 2.24) is 0 Å². The molecule has 0 aliphatic carbocycles. The summed E-state index contributed by atoms with van der Waals surface area (Å²) < 4.78 is 83.0. The van der Waals surface area contributed by atoms with E-state index < -0.39 is 70.7 Å². The lowest BCUT2D eigenvalue weighted by Gasteiger charge is -2.59. The van der Waals surface area contributed by atoms with Gasteiger partial charge in [0, 0.05) is 52.4 Å². The summed E-state index contributed by atoms with van der Waals surface area (Å²) in [5, 5.41) is 0. The van der Waals surface area contributed by atoms with Crippen molar-refractivity contribution in [1.29, 1.82) is 0 Å². The molecule has 0 aromatic rings. The summed E-state index contributed by atoms with van der Waals surface area (Å²) in [7, 11) is -28.5. The first-order valence-corrected chi connectivity index (χ1v) is 26.8. The second-order valence-corrected chi connectivity index (χ2v) is 31.4. The minimum Gasteiger partial charge on any atom is -0.374 e. The second-order valence-electron chi connectivity index (χ2n) is 8.19. The smallest absolute Gasteiger partial charge is 0.374 e. The Hall–Kier alpha value is 1.22. The van der Waals surface area contributed by atoms with Crippen LogP contribution >= 0.6 is 0 Å². The molecule has 6 saturated heterocycles. The van der Waals surface area contributed by atoms with E-state index in [1.54, 1.807) is 52.8 Å². The topological polar surface area (TPSA) is 120 Å². The van der Waals surface area contributed by atoms with Crippen molar-refractivity contribution in [2.45, 2.75) is 52.8 Å². The van der Waals surface area contributed by atoms with Crippen LogP contribution in [0.25, 0.3) is 0 Å². The lowest BCUT2D eigenvalue weighted by molar-refractivity contribution is -0.0493. The number of hydrogen-bond acceptors (Lipinski definition) is 13. The van der Waals surface area contributed by atoms with Gasteiger partial charge in [0.1, 0.15) is 0 Å². The molecule has 6 heterocycles. The Morgan fingerprint density at radius 1 is 0.400 bits per heavy atom. The van der Waals surface area contributed by atoms with Crippen molar-refractivity contribution in [3.05, 3.63) is 0 Å². The van der Waals surface area contributed by atoms with Gasteiger partial charge in [-0.15, -0.1) is 0 Å². The van der Waals surface area contributed by atoms with E-state index in [2.05, 4.69) is 0 Å². The highest BCUT2D eigenvalue weighted by atomic mass is 28.6. The largest absolute Gasteiger partial charge is 0.657 e. The number of hydrogen-bond donors (Lipinski definition) is 0. The predicted molar refractivity (Wildman–Crippen MR) is 112 cm³/mol. The van der Waals surface area contributed by atoms with Crippen LogP contribution in [0.1, 0.15) is 6.92 Å². The van der Waals surface area contributed by atoms with E-state index >= 15 is 0 Å². The van der Waals surface area contributed by atoms with Gasteiger partial charge < -0.3 is 53.8 Å². The van der Waals surface area contributed by atoms with Crippen LogP contribution in [0.15, 0.2) is 0 Å². The Bertz CT molecular complexity index is 660. The van der Waals surface area contributed by atoms with Crippen LogP contribution in [0.3, 0.4) is 0 Å². The summed E-state index contributed by atoms with van der Waals surface area (Å²) in [4.78, 5) is 0. The summed E-state index contributed by atoms with van der Waals surface area (Å²) in [6, 6.07) is 0. The molecule has 0 atom stereocenters. The summed E-state index contributed by atoms with van der Waals surface area (Å²) in [5.41, 5.74) is 0. The fraction of sp³-hybridized carbons (Fsp3) is 1.00. The third-order valence-corrected chi connectivity index (χ3v) is 39.4. The SMILES string of the molecule is CCO[Si]12O[Si]3(C)O[Si]4(C)O[Si]5(C)O[Si](C)(O3)O[Si](C)(O[Si](C)(O5)O[Si](C)(O4)O1)O2. The zero-order valence-electron chi connectivity index (χ0n) is 18.0. The van der Waals surface area contributed by atoms with Gasteiger partial charge in [-0.25, -0.2) is 0 Å². The van der Waals surface area contributed by atoms with E-state index in [1.165, 1.54) is 0 Å². The molecule has 6 aliphatic heterocycles. The molecule has 0 spiro atoms. The van der Waals surface area contributed by atoms with Crippen LogP contribution in [0.2, 0.25) is 45.8 Å². The van der Waals surface area contributed by atoms with E-state index in [4.69, 9.17) is 53.8 Å². The quantitative estimate of drug-likeness (QED) is 0.437. The van der Waals surface area contributed by atoms with Crippen LogP contribution in [0, 0.1) is 0 Å². The van der Waals surface area contributed by atoms with Gasteiger partial charge in [-0.05, 0) is 6.92 Å². The van der Waals surface area contributed by atoms with Gasteiger partial charge in [0.25, 0.3) is 0 Å². The van der Waals surface area contributed by atoms with Gasteiger partial charge in [-0.2, -0.15) is 0 Å². The highest BCUT2D eigenvalue weighted by molar-refractivity contribution is 7.01. The van der Waals surface area contributed by atoms with E-state index in [-0.39, 0.29) is 6.61 Å². The van der Waals surface area contributed by atoms with Gasteiger partial charge in [0.2, 0.25) is 0 Å². The molecular weight excluding hydrogens is 541 g/mol. The first-order valence-electron chi connectivity index (χ1n) is 9.60.